The Balaban J connectivity index is 1.79. The van der Waals surface area contributed by atoms with E-state index in [0.717, 1.165) is 11.8 Å². The molecule has 0 bridgehead atoms. The van der Waals surface area contributed by atoms with Crippen molar-refractivity contribution >= 4 is 23.5 Å². The minimum Gasteiger partial charge on any atom is -0.309 e. The first-order valence-electron chi connectivity index (χ1n) is 7.31. The highest BCUT2D eigenvalue weighted by Gasteiger charge is 2.15. The molecule has 1 N–H and O–H groups in total. The fourth-order valence-corrected chi connectivity index (χ4v) is 4.97. The normalized spacial score (nSPS) is 21.3. The third kappa shape index (κ3) is 5.05. The van der Waals surface area contributed by atoms with E-state index >= 15 is 0 Å². The predicted octanol–water partition coefficient (Wildman–Crippen LogP) is 4.14. The first kappa shape index (κ1) is 15.3. The molecular weight excluding hydrogens is 270 g/mol. The summed E-state index contributed by atoms with van der Waals surface area (Å²) >= 11 is 4.22. The fraction of sp³-hybridized carbons (Fsp3) is 0.625. The number of thioether (sulfide) groups is 2. The maximum absolute atomic E-state index is 3.69. The Morgan fingerprint density at radius 1 is 1.26 bits per heavy atom. The molecule has 0 spiro atoms. The summed E-state index contributed by atoms with van der Waals surface area (Å²) in [7, 11) is 0. The van der Waals surface area contributed by atoms with Gasteiger partial charge in [0.15, 0.2) is 0 Å². The second-order valence-corrected chi connectivity index (χ2v) is 7.75. The molecule has 1 saturated heterocycles. The highest BCUT2D eigenvalue weighted by Crippen LogP contribution is 2.24. The van der Waals surface area contributed by atoms with Gasteiger partial charge in [0.05, 0.1) is 0 Å². The Bertz CT molecular complexity index is 358. The van der Waals surface area contributed by atoms with Crippen LogP contribution in [-0.4, -0.2) is 29.1 Å². The van der Waals surface area contributed by atoms with Gasteiger partial charge in [-0.3, -0.25) is 0 Å². The van der Waals surface area contributed by atoms with Crippen LogP contribution < -0.4 is 5.32 Å². The van der Waals surface area contributed by atoms with Crippen molar-refractivity contribution < 1.29 is 0 Å². The molecule has 1 aliphatic rings. The molecule has 3 heteroatoms. The van der Waals surface area contributed by atoms with E-state index in [9.17, 15) is 0 Å². The molecular formula is C16H25NS2. The maximum Gasteiger partial charge on any atom is 0.0292 e. The van der Waals surface area contributed by atoms with Gasteiger partial charge in [-0.2, -0.15) is 23.5 Å². The molecule has 2 rings (SSSR count). The zero-order valence-electron chi connectivity index (χ0n) is 12.0. The minimum absolute atomic E-state index is 0.461. The van der Waals surface area contributed by atoms with Crippen molar-refractivity contribution in [2.45, 2.75) is 38.0 Å². The van der Waals surface area contributed by atoms with Crippen LogP contribution in [0.25, 0.3) is 0 Å². The monoisotopic (exact) mass is 295 g/mol. The predicted molar refractivity (Wildman–Crippen MR) is 90.4 cm³/mol. The van der Waals surface area contributed by atoms with Gasteiger partial charge in [-0.25, -0.2) is 0 Å². The lowest BCUT2D eigenvalue weighted by Gasteiger charge is -2.23. The SMILES string of the molecule is CCCc1ccc(C(C)NCC2CSCCS2)cc1. The van der Waals surface area contributed by atoms with E-state index in [-0.39, 0.29) is 0 Å². The van der Waals surface area contributed by atoms with Gasteiger partial charge in [0.1, 0.15) is 0 Å². The summed E-state index contributed by atoms with van der Waals surface area (Å²) in [5.41, 5.74) is 2.87. The average Bonchev–Trinajstić information content (AvgIpc) is 2.47. The summed E-state index contributed by atoms with van der Waals surface area (Å²) in [6.45, 7) is 5.64. The zero-order chi connectivity index (χ0) is 13.5. The van der Waals surface area contributed by atoms with E-state index in [1.54, 1.807) is 0 Å². The van der Waals surface area contributed by atoms with Gasteiger partial charge in [-0.1, -0.05) is 37.6 Å². The van der Waals surface area contributed by atoms with E-state index in [4.69, 9.17) is 0 Å². The molecule has 1 aromatic carbocycles. The summed E-state index contributed by atoms with van der Waals surface area (Å²) in [6.07, 6.45) is 2.42. The van der Waals surface area contributed by atoms with Crippen LogP contribution in [-0.2, 0) is 6.42 Å². The summed E-state index contributed by atoms with van der Waals surface area (Å²) in [6, 6.07) is 9.59. The number of nitrogens with one attached hydrogen (secondary N) is 1. The van der Waals surface area contributed by atoms with Crippen molar-refractivity contribution in [2.75, 3.05) is 23.8 Å². The summed E-state index contributed by atoms with van der Waals surface area (Å²) in [4.78, 5) is 0. The van der Waals surface area contributed by atoms with Crippen LogP contribution in [0.15, 0.2) is 24.3 Å². The molecule has 19 heavy (non-hydrogen) atoms. The van der Waals surface area contributed by atoms with Gasteiger partial charge in [0.25, 0.3) is 0 Å². The lowest BCUT2D eigenvalue weighted by atomic mass is 10.0. The number of aryl methyl sites for hydroxylation is 1. The first-order valence-corrected chi connectivity index (χ1v) is 9.51. The molecule has 0 radical (unpaired) electrons. The Kier molecular flexibility index (Phi) is 6.62. The van der Waals surface area contributed by atoms with E-state index in [1.807, 2.05) is 0 Å². The van der Waals surface area contributed by atoms with Gasteiger partial charge in [-0.05, 0) is 24.5 Å². The van der Waals surface area contributed by atoms with Crippen molar-refractivity contribution in [1.29, 1.82) is 0 Å². The molecule has 0 amide bonds. The van der Waals surface area contributed by atoms with Crippen LogP contribution in [0.2, 0.25) is 0 Å². The van der Waals surface area contributed by atoms with E-state index in [2.05, 4.69) is 67.0 Å². The second-order valence-electron chi connectivity index (χ2n) is 5.19. The van der Waals surface area contributed by atoms with Gasteiger partial charge >= 0.3 is 0 Å². The third-order valence-corrected chi connectivity index (χ3v) is 6.40. The molecule has 1 heterocycles. The van der Waals surface area contributed by atoms with E-state index in [1.165, 1.54) is 41.2 Å². The van der Waals surface area contributed by atoms with E-state index < -0.39 is 0 Å². The molecule has 1 fully saturated rings. The fourth-order valence-electron chi connectivity index (χ4n) is 2.34. The highest BCUT2D eigenvalue weighted by molar-refractivity contribution is 8.06. The molecule has 1 aromatic rings. The number of benzene rings is 1. The zero-order valence-corrected chi connectivity index (χ0v) is 13.7. The molecule has 2 atom stereocenters. The largest absolute Gasteiger partial charge is 0.309 e. The molecule has 1 aliphatic heterocycles. The molecule has 0 aromatic heterocycles. The van der Waals surface area contributed by atoms with Crippen molar-refractivity contribution in [3.05, 3.63) is 35.4 Å². The Labute approximate surface area is 126 Å². The summed E-state index contributed by atoms with van der Waals surface area (Å²) < 4.78 is 0. The molecule has 2 unspecified atom stereocenters. The number of hydrogen-bond acceptors (Lipinski definition) is 3. The van der Waals surface area contributed by atoms with Crippen LogP contribution in [0, 0.1) is 0 Å². The molecule has 0 aliphatic carbocycles. The maximum atomic E-state index is 3.69. The standard InChI is InChI=1S/C16H25NS2/c1-3-4-14-5-7-15(8-6-14)13(2)17-11-16-12-18-9-10-19-16/h5-8,13,16-17H,3-4,9-12H2,1-2H3. The molecule has 1 nitrogen and oxygen atoms in total. The van der Waals surface area contributed by atoms with Crippen molar-refractivity contribution in [2.24, 2.45) is 0 Å². The van der Waals surface area contributed by atoms with Crippen LogP contribution in [0.3, 0.4) is 0 Å². The van der Waals surface area contributed by atoms with Crippen molar-refractivity contribution in [3.8, 4) is 0 Å². The number of hydrogen-bond donors (Lipinski definition) is 1. The Morgan fingerprint density at radius 2 is 2.05 bits per heavy atom. The van der Waals surface area contributed by atoms with Gasteiger partial charge in [-0.15, -0.1) is 0 Å². The van der Waals surface area contributed by atoms with E-state index in [0.29, 0.717) is 6.04 Å². The van der Waals surface area contributed by atoms with Crippen LogP contribution in [0.1, 0.15) is 37.4 Å². The van der Waals surface area contributed by atoms with Gasteiger partial charge in [0.2, 0.25) is 0 Å². The smallest absolute Gasteiger partial charge is 0.0292 e. The summed E-state index contributed by atoms with van der Waals surface area (Å²) in [5.74, 6) is 3.95. The summed E-state index contributed by atoms with van der Waals surface area (Å²) in [5, 5.41) is 4.48. The van der Waals surface area contributed by atoms with Crippen molar-refractivity contribution in [1.82, 2.24) is 5.32 Å². The lowest BCUT2D eigenvalue weighted by Crippen LogP contribution is -2.30. The highest BCUT2D eigenvalue weighted by atomic mass is 32.2. The van der Waals surface area contributed by atoms with Crippen LogP contribution >= 0.6 is 23.5 Å². The second kappa shape index (κ2) is 8.23. The van der Waals surface area contributed by atoms with Crippen LogP contribution in [0.5, 0.6) is 0 Å². The average molecular weight is 296 g/mol. The van der Waals surface area contributed by atoms with Crippen molar-refractivity contribution in [3.63, 3.8) is 0 Å². The lowest BCUT2D eigenvalue weighted by molar-refractivity contribution is 0.577. The quantitative estimate of drug-likeness (QED) is 0.847. The van der Waals surface area contributed by atoms with Crippen LogP contribution in [0.4, 0.5) is 0 Å². The van der Waals surface area contributed by atoms with Gasteiger partial charge in [0, 0.05) is 35.1 Å². The van der Waals surface area contributed by atoms with Gasteiger partial charge < -0.3 is 5.32 Å². The Hall–Kier alpha value is -0.120. The Morgan fingerprint density at radius 3 is 2.68 bits per heavy atom. The molecule has 0 saturated carbocycles. The first-order chi connectivity index (χ1) is 9.29. The minimum atomic E-state index is 0.461. The third-order valence-electron chi connectivity index (χ3n) is 3.56. The number of rotatable bonds is 6. The topological polar surface area (TPSA) is 12.0 Å². The molecule has 106 valence electrons.